The van der Waals surface area contributed by atoms with Crippen molar-refractivity contribution >= 4 is 11.6 Å². The highest BCUT2D eigenvalue weighted by atomic mass is 16.5. The fraction of sp³-hybridized carbons (Fsp3) is 0.350. The molecule has 0 aromatic heterocycles. The highest BCUT2D eigenvalue weighted by molar-refractivity contribution is 5.76. The molecule has 0 aliphatic rings. The Morgan fingerprint density at radius 3 is 2.48 bits per heavy atom. The van der Waals surface area contributed by atoms with E-state index in [1.807, 2.05) is 62.6 Å². The number of nitrogens with zero attached hydrogens (tertiary/aromatic N) is 1. The number of carbonyl (C=O) groups excluding carboxylic acids is 1. The molecule has 0 bridgehead atoms. The van der Waals surface area contributed by atoms with Crippen molar-refractivity contribution in [3.63, 3.8) is 0 Å². The first-order valence-electron chi connectivity index (χ1n) is 8.52. The number of nitrogen functional groups attached to an aromatic ring is 1. The average Bonchev–Trinajstić information content (AvgIpc) is 2.60. The van der Waals surface area contributed by atoms with Gasteiger partial charge in [0, 0.05) is 30.8 Å². The van der Waals surface area contributed by atoms with E-state index in [1.54, 1.807) is 0 Å². The minimum Gasteiger partial charge on any atom is -0.492 e. The van der Waals surface area contributed by atoms with Crippen LogP contribution in [0, 0.1) is 0 Å². The third-order valence-electron chi connectivity index (χ3n) is 3.92. The minimum atomic E-state index is 0.00588. The largest absolute Gasteiger partial charge is 0.492 e. The summed E-state index contributed by atoms with van der Waals surface area (Å²) in [4.78, 5) is 14.2. The van der Waals surface area contributed by atoms with E-state index in [-0.39, 0.29) is 5.91 Å². The SMILES string of the molecule is CN(C)CCOc1ccccc1CNC(=O)CCc1ccccc1N. The van der Waals surface area contributed by atoms with Crippen molar-refractivity contribution in [3.05, 3.63) is 59.7 Å². The zero-order valence-electron chi connectivity index (χ0n) is 15.0. The van der Waals surface area contributed by atoms with Crippen LogP contribution in [0.5, 0.6) is 5.75 Å². The number of rotatable bonds is 9. The van der Waals surface area contributed by atoms with Crippen LogP contribution in [-0.2, 0) is 17.8 Å². The number of benzene rings is 2. The topological polar surface area (TPSA) is 67.6 Å². The molecule has 5 nitrogen and oxygen atoms in total. The molecule has 0 unspecified atom stereocenters. The Morgan fingerprint density at radius 2 is 1.76 bits per heavy atom. The molecule has 0 heterocycles. The van der Waals surface area contributed by atoms with Gasteiger partial charge in [-0.25, -0.2) is 0 Å². The van der Waals surface area contributed by atoms with Gasteiger partial charge in [0.15, 0.2) is 0 Å². The van der Waals surface area contributed by atoms with Crippen LogP contribution in [0.1, 0.15) is 17.5 Å². The fourth-order valence-electron chi connectivity index (χ4n) is 2.42. The number of hydrogen-bond acceptors (Lipinski definition) is 4. The van der Waals surface area contributed by atoms with E-state index in [2.05, 4.69) is 10.2 Å². The van der Waals surface area contributed by atoms with Crippen molar-refractivity contribution in [2.45, 2.75) is 19.4 Å². The van der Waals surface area contributed by atoms with Gasteiger partial charge < -0.3 is 20.7 Å². The normalized spacial score (nSPS) is 10.7. The van der Waals surface area contributed by atoms with Crippen molar-refractivity contribution in [2.75, 3.05) is 33.0 Å². The van der Waals surface area contributed by atoms with Crippen LogP contribution in [0.25, 0.3) is 0 Å². The average molecular weight is 341 g/mol. The van der Waals surface area contributed by atoms with E-state index in [0.717, 1.165) is 29.1 Å². The predicted octanol–water partition coefficient (Wildman–Crippen LogP) is 2.46. The first-order valence-corrected chi connectivity index (χ1v) is 8.52. The Morgan fingerprint density at radius 1 is 1.08 bits per heavy atom. The summed E-state index contributed by atoms with van der Waals surface area (Å²) < 4.78 is 5.82. The lowest BCUT2D eigenvalue weighted by atomic mass is 10.1. The van der Waals surface area contributed by atoms with E-state index in [1.165, 1.54) is 0 Å². The van der Waals surface area contributed by atoms with Gasteiger partial charge in [0.25, 0.3) is 0 Å². The van der Waals surface area contributed by atoms with E-state index in [9.17, 15) is 4.79 Å². The molecule has 0 radical (unpaired) electrons. The van der Waals surface area contributed by atoms with Gasteiger partial charge >= 0.3 is 0 Å². The monoisotopic (exact) mass is 341 g/mol. The number of ether oxygens (including phenoxy) is 1. The molecule has 134 valence electrons. The molecule has 1 amide bonds. The van der Waals surface area contributed by atoms with Gasteiger partial charge in [0.05, 0.1) is 0 Å². The maximum absolute atomic E-state index is 12.1. The molecular formula is C20H27N3O2. The number of nitrogens with one attached hydrogen (secondary N) is 1. The summed E-state index contributed by atoms with van der Waals surface area (Å²) in [5.74, 6) is 0.823. The van der Waals surface area contributed by atoms with Crippen LogP contribution < -0.4 is 15.8 Å². The number of hydrogen-bond donors (Lipinski definition) is 2. The number of para-hydroxylation sites is 2. The van der Waals surface area contributed by atoms with Crippen LogP contribution in [0.2, 0.25) is 0 Å². The molecule has 0 saturated heterocycles. The molecule has 2 rings (SSSR count). The van der Waals surface area contributed by atoms with E-state index >= 15 is 0 Å². The maximum atomic E-state index is 12.1. The molecular weight excluding hydrogens is 314 g/mol. The third kappa shape index (κ3) is 6.47. The summed E-state index contributed by atoms with van der Waals surface area (Å²) in [5, 5.41) is 2.96. The highest BCUT2D eigenvalue weighted by Gasteiger charge is 2.07. The Kier molecular flexibility index (Phi) is 7.29. The Labute approximate surface area is 149 Å². The molecule has 3 N–H and O–H groups in total. The van der Waals surface area contributed by atoms with Crippen molar-refractivity contribution in [2.24, 2.45) is 0 Å². The van der Waals surface area contributed by atoms with Crippen LogP contribution in [-0.4, -0.2) is 38.1 Å². The summed E-state index contributed by atoms with van der Waals surface area (Å²) >= 11 is 0. The predicted molar refractivity (Wildman–Crippen MR) is 102 cm³/mol. The lowest BCUT2D eigenvalue weighted by Gasteiger charge is -2.14. The van der Waals surface area contributed by atoms with Crippen LogP contribution in [0.4, 0.5) is 5.69 Å². The number of carbonyl (C=O) groups is 1. The Bertz CT molecular complexity index is 686. The summed E-state index contributed by atoms with van der Waals surface area (Å²) in [5.41, 5.74) is 8.62. The second-order valence-electron chi connectivity index (χ2n) is 6.24. The zero-order chi connectivity index (χ0) is 18.1. The number of anilines is 1. The Balaban J connectivity index is 1.82. The first-order chi connectivity index (χ1) is 12.1. The third-order valence-corrected chi connectivity index (χ3v) is 3.92. The molecule has 0 atom stereocenters. The maximum Gasteiger partial charge on any atom is 0.220 e. The number of amides is 1. The zero-order valence-corrected chi connectivity index (χ0v) is 15.0. The highest BCUT2D eigenvalue weighted by Crippen LogP contribution is 2.18. The standard InChI is InChI=1S/C20H27N3O2/c1-23(2)13-14-25-19-10-6-4-8-17(19)15-22-20(24)12-11-16-7-3-5-9-18(16)21/h3-10H,11-15,21H2,1-2H3,(H,22,24). The molecule has 0 aliphatic carbocycles. The van der Waals surface area contributed by atoms with E-state index < -0.39 is 0 Å². The van der Waals surface area contributed by atoms with Gasteiger partial charge in [-0.15, -0.1) is 0 Å². The number of aryl methyl sites for hydroxylation is 1. The molecule has 0 fully saturated rings. The van der Waals surface area contributed by atoms with Crippen molar-refractivity contribution in [3.8, 4) is 5.75 Å². The number of nitrogens with two attached hydrogens (primary N) is 1. The summed E-state index contributed by atoms with van der Waals surface area (Å²) in [6.45, 7) is 1.92. The molecule has 25 heavy (non-hydrogen) atoms. The van der Waals surface area contributed by atoms with Crippen LogP contribution >= 0.6 is 0 Å². The summed E-state index contributed by atoms with van der Waals surface area (Å²) in [6.07, 6.45) is 1.05. The van der Waals surface area contributed by atoms with E-state index in [4.69, 9.17) is 10.5 Å². The quantitative estimate of drug-likeness (QED) is 0.688. The second kappa shape index (κ2) is 9.69. The van der Waals surface area contributed by atoms with Crippen LogP contribution in [0.3, 0.4) is 0 Å². The van der Waals surface area contributed by atoms with Crippen molar-refractivity contribution in [1.29, 1.82) is 0 Å². The number of likely N-dealkylation sites (N-methyl/N-ethyl adjacent to an activating group) is 1. The van der Waals surface area contributed by atoms with Gasteiger partial charge in [0.1, 0.15) is 12.4 Å². The summed E-state index contributed by atoms with van der Waals surface area (Å²) in [6, 6.07) is 15.4. The minimum absolute atomic E-state index is 0.00588. The van der Waals surface area contributed by atoms with Crippen molar-refractivity contribution in [1.82, 2.24) is 10.2 Å². The lowest BCUT2D eigenvalue weighted by Crippen LogP contribution is -2.24. The smallest absolute Gasteiger partial charge is 0.220 e. The van der Waals surface area contributed by atoms with Crippen LogP contribution in [0.15, 0.2) is 48.5 Å². The summed E-state index contributed by atoms with van der Waals surface area (Å²) in [7, 11) is 4.02. The molecule has 0 aliphatic heterocycles. The van der Waals surface area contributed by atoms with Gasteiger partial charge in [-0.3, -0.25) is 4.79 Å². The van der Waals surface area contributed by atoms with Crippen molar-refractivity contribution < 1.29 is 9.53 Å². The van der Waals surface area contributed by atoms with Gasteiger partial charge in [-0.2, -0.15) is 0 Å². The fourth-order valence-corrected chi connectivity index (χ4v) is 2.42. The molecule has 5 heteroatoms. The van der Waals surface area contributed by atoms with Gasteiger partial charge in [0.2, 0.25) is 5.91 Å². The Hall–Kier alpha value is -2.53. The van der Waals surface area contributed by atoms with Gasteiger partial charge in [-0.05, 0) is 38.2 Å². The molecule has 0 saturated carbocycles. The lowest BCUT2D eigenvalue weighted by molar-refractivity contribution is -0.121. The van der Waals surface area contributed by atoms with Gasteiger partial charge in [-0.1, -0.05) is 36.4 Å². The molecule has 2 aromatic carbocycles. The second-order valence-corrected chi connectivity index (χ2v) is 6.24. The van der Waals surface area contributed by atoms with E-state index in [0.29, 0.717) is 26.0 Å². The first kappa shape index (κ1) is 18.8. The molecule has 2 aromatic rings. The molecule has 0 spiro atoms.